The quantitative estimate of drug-likeness (QED) is 0.237. The van der Waals surface area contributed by atoms with Crippen LogP contribution in [0.15, 0.2) is 67.0 Å². The molecule has 0 aliphatic heterocycles. The van der Waals surface area contributed by atoms with E-state index >= 15 is 0 Å². The van der Waals surface area contributed by atoms with E-state index in [9.17, 15) is 19.2 Å². The number of rotatable bonds is 13. The fraction of sp³-hybridized carbons (Fsp3) is 0.457. The number of nitrogens with one attached hydrogen (secondary N) is 3. The minimum absolute atomic E-state index is 0. The van der Waals surface area contributed by atoms with Gasteiger partial charge in [0.1, 0.15) is 22.9 Å². The molecule has 1 unspecified atom stereocenters. The maximum Gasteiger partial charge on any atom is 0.408 e. The second-order valence-electron chi connectivity index (χ2n) is 12.8. The van der Waals surface area contributed by atoms with Crippen molar-refractivity contribution >= 4 is 29.5 Å². The second-order valence-corrected chi connectivity index (χ2v) is 12.8. The number of methoxy groups -OCH3 is 1. The van der Waals surface area contributed by atoms with Gasteiger partial charge in [0.05, 0.1) is 19.0 Å². The van der Waals surface area contributed by atoms with Crippen molar-refractivity contribution in [2.24, 2.45) is 0 Å². The standard InChI is InChI=1S/C34H46N6O6.CH4/c1-33(2,3)46-32(44)38-34(4,5)31(43)37-27(16-12-15-23-13-10-9-11-14-23)29(41)36-25-21-35-40(22-25)28(30(42)39(6)7)24-17-19-26(45-8)20-18-24;/h9-11,13-14,17-22,27-28H,12,15-16H2,1-8H3,(H,36,41)(H,37,43)(H,38,44);1H4/t27-,28?;/m1./s1. The van der Waals surface area contributed by atoms with Gasteiger partial charge < -0.3 is 30.3 Å². The average Bonchev–Trinajstić information content (AvgIpc) is 3.43. The van der Waals surface area contributed by atoms with E-state index in [1.54, 1.807) is 72.4 Å². The van der Waals surface area contributed by atoms with E-state index in [4.69, 9.17) is 9.47 Å². The van der Waals surface area contributed by atoms with Gasteiger partial charge >= 0.3 is 6.09 Å². The van der Waals surface area contributed by atoms with Crippen LogP contribution in [0.2, 0.25) is 0 Å². The molecular formula is C35H50N6O6. The number of hydrogen-bond donors (Lipinski definition) is 3. The number of anilines is 1. The van der Waals surface area contributed by atoms with Crippen LogP contribution < -0.4 is 20.7 Å². The molecule has 0 saturated carbocycles. The number of aromatic nitrogens is 2. The van der Waals surface area contributed by atoms with Crippen molar-refractivity contribution < 1.29 is 28.7 Å². The highest BCUT2D eigenvalue weighted by molar-refractivity contribution is 5.99. The fourth-order valence-electron chi connectivity index (χ4n) is 4.59. The number of benzene rings is 2. The van der Waals surface area contributed by atoms with Crippen molar-refractivity contribution in [1.82, 2.24) is 25.3 Å². The summed E-state index contributed by atoms with van der Waals surface area (Å²) in [5.74, 6) is -0.575. The molecule has 3 rings (SSSR count). The molecule has 1 heterocycles. The molecule has 0 aliphatic carbocycles. The topological polar surface area (TPSA) is 144 Å². The van der Waals surface area contributed by atoms with Crippen molar-refractivity contribution in [1.29, 1.82) is 0 Å². The number of hydrogen-bond acceptors (Lipinski definition) is 7. The van der Waals surface area contributed by atoms with Gasteiger partial charge in [-0.25, -0.2) is 4.79 Å². The number of amides is 4. The Bertz CT molecular complexity index is 1480. The van der Waals surface area contributed by atoms with Crippen LogP contribution in [-0.4, -0.2) is 76.9 Å². The van der Waals surface area contributed by atoms with Crippen molar-refractivity contribution in [2.45, 2.75) is 84.5 Å². The highest BCUT2D eigenvalue weighted by Crippen LogP contribution is 2.24. The smallest absolute Gasteiger partial charge is 0.408 e. The van der Waals surface area contributed by atoms with E-state index in [1.165, 1.54) is 29.6 Å². The summed E-state index contributed by atoms with van der Waals surface area (Å²) in [7, 11) is 4.88. The van der Waals surface area contributed by atoms with E-state index in [0.29, 0.717) is 36.3 Å². The SMILES string of the molecule is C.COc1ccc(C(C(=O)N(C)C)n2cc(NC(=O)[C@@H](CCCc3ccccc3)NC(=O)C(C)(C)NC(=O)OC(C)(C)C)cn2)cc1. The molecule has 256 valence electrons. The first-order chi connectivity index (χ1) is 21.6. The van der Waals surface area contributed by atoms with Gasteiger partial charge in [0, 0.05) is 20.3 Å². The minimum atomic E-state index is -1.37. The summed E-state index contributed by atoms with van der Waals surface area (Å²) in [5.41, 5.74) is 0.0272. The third-order valence-electron chi connectivity index (χ3n) is 7.04. The first-order valence-electron chi connectivity index (χ1n) is 15.2. The third-order valence-corrected chi connectivity index (χ3v) is 7.04. The Balaban J connectivity index is 0.00000768. The Labute approximate surface area is 278 Å². The molecule has 3 aromatic rings. The zero-order valence-corrected chi connectivity index (χ0v) is 27.9. The second kappa shape index (κ2) is 16.6. The molecule has 0 spiro atoms. The maximum atomic E-state index is 13.6. The van der Waals surface area contributed by atoms with Crippen LogP contribution in [-0.2, 0) is 25.5 Å². The molecule has 4 amide bonds. The highest BCUT2D eigenvalue weighted by atomic mass is 16.6. The zero-order chi connectivity index (χ0) is 34.1. The Hall–Kier alpha value is -4.87. The Kier molecular flexibility index (Phi) is 13.5. The lowest BCUT2D eigenvalue weighted by molar-refractivity contribution is -0.131. The molecule has 0 aliphatic rings. The summed E-state index contributed by atoms with van der Waals surface area (Å²) in [4.78, 5) is 54.1. The van der Waals surface area contributed by atoms with Crippen molar-refractivity contribution in [3.8, 4) is 5.75 Å². The summed E-state index contributed by atoms with van der Waals surface area (Å²) < 4.78 is 12.0. The largest absolute Gasteiger partial charge is 0.497 e. The van der Waals surface area contributed by atoms with Crippen molar-refractivity contribution in [3.05, 3.63) is 78.1 Å². The number of carbonyl (C=O) groups is 4. The molecule has 12 heteroatoms. The first-order valence-corrected chi connectivity index (χ1v) is 15.2. The number of aryl methyl sites for hydroxylation is 1. The van der Waals surface area contributed by atoms with E-state index in [1.807, 2.05) is 30.3 Å². The van der Waals surface area contributed by atoms with E-state index in [2.05, 4.69) is 21.0 Å². The van der Waals surface area contributed by atoms with Crippen molar-refractivity contribution in [2.75, 3.05) is 26.5 Å². The minimum Gasteiger partial charge on any atom is -0.497 e. The molecule has 0 bridgehead atoms. The van der Waals surface area contributed by atoms with Crippen LogP contribution in [0.1, 0.15) is 72.1 Å². The monoisotopic (exact) mass is 650 g/mol. The molecule has 2 aromatic carbocycles. The third kappa shape index (κ3) is 11.5. The molecule has 2 atom stereocenters. The predicted octanol–water partition coefficient (Wildman–Crippen LogP) is 4.95. The van der Waals surface area contributed by atoms with Gasteiger partial charge in [-0.2, -0.15) is 5.10 Å². The zero-order valence-electron chi connectivity index (χ0n) is 27.9. The molecular weight excluding hydrogens is 600 g/mol. The van der Waals surface area contributed by atoms with Crippen LogP contribution in [0.4, 0.5) is 10.5 Å². The molecule has 3 N–H and O–H groups in total. The molecule has 0 radical (unpaired) electrons. The summed E-state index contributed by atoms with van der Waals surface area (Å²) in [5, 5.41) is 12.6. The molecule has 12 nitrogen and oxygen atoms in total. The molecule has 47 heavy (non-hydrogen) atoms. The lowest BCUT2D eigenvalue weighted by atomic mass is 10.0. The Morgan fingerprint density at radius 3 is 2.17 bits per heavy atom. The van der Waals surface area contributed by atoms with Crippen LogP contribution in [0.3, 0.4) is 0 Å². The van der Waals surface area contributed by atoms with Gasteiger partial charge in [0.2, 0.25) is 11.8 Å². The number of likely N-dealkylation sites (N-methyl/N-ethyl adjacent to an activating group) is 1. The summed E-state index contributed by atoms with van der Waals surface area (Å²) >= 11 is 0. The van der Waals surface area contributed by atoms with Crippen LogP contribution in [0.25, 0.3) is 0 Å². The van der Waals surface area contributed by atoms with Gasteiger partial charge in [0.25, 0.3) is 5.91 Å². The predicted molar refractivity (Wildman–Crippen MR) is 182 cm³/mol. The molecule has 1 aromatic heterocycles. The van der Waals surface area contributed by atoms with Gasteiger partial charge in [-0.3, -0.25) is 19.1 Å². The summed E-state index contributed by atoms with van der Waals surface area (Å²) in [6.07, 6.45) is 3.92. The van der Waals surface area contributed by atoms with Crippen LogP contribution >= 0.6 is 0 Å². The Morgan fingerprint density at radius 2 is 1.60 bits per heavy atom. The van der Waals surface area contributed by atoms with Gasteiger partial charge in [0.15, 0.2) is 6.04 Å². The number of alkyl carbamates (subject to hydrolysis) is 1. The molecule has 0 saturated heterocycles. The maximum absolute atomic E-state index is 13.6. The molecule has 0 fully saturated rings. The lowest BCUT2D eigenvalue weighted by Gasteiger charge is -2.29. The first kappa shape index (κ1) is 38.3. The Morgan fingerprint density at radius 1 is 0.957 bits per heavy atom. The average molecular weight is 651 g/mol. The van der Waals surface area contributed by atoms with Crippen molar-refractivity contribution in [3.63, 3.8) is 0 Å². The number of ether oxygens (including phenoxy) is 2. The highest BCUT2D eigenvalue weighted by Gasteiger charge is 2.34. The van der Waals surface area contributed by atoms with Gasteiger partial charge in [-0.05, 0) is 77.1 Å². The lowest BCUT2D eigenvalue weighted by Crippen LogP contribution is -2.58. The number of carbonyl (C=O) groups excluding carboxylic acids is 4. The van der Waals surface area contributed by atoms with Crippen LogP contribution in [0.5, 0.6) is 5.75 Å². The van der Waals surface area contributed by atoms with Gasteiger partial charge in [-0.15, -0.1) is 0 Å². The summed E-state index contributed by atoms with van der Waals surface area (Å²) in [6, 6.07) is 15.2. The van der Waals surface area contributed by atoms with Crippen LogP contribution in [0, 0.1) is 0 Å². The van der Waals surface area contributed by atoms with E-state index < -0.39 is 41.1 Å². The fourth-order valence-corrected chi connectivity index (χ4v) is 4.59. The van der Waals surface area contributed by atoms with E-state index in [-0.39, 0.29) is 13.3 Å². The van der Waals surface area contributed by atoms with Gasteiger partial charge in [-0.1, -0.05) is 49.9 Å². The van der Waals surface area contributed by atoms with E-state index in [0.717, 1.165) is 5.56 Å². The number of nitrogens with zero attached hydrogens (tertiary/aromatic N) is 3. The summed E-state index contributed by atoms with van der Waals surface area (Å²) in [6.45, 7) is 8.26. The normalized spacial score (nSPS) is 12.5.